The lowest BCUT2D eigenvalue weighted by atomic mass is 9.96. The molecule has 33 heavy (non-hydrogen) atoms. The Morgan fingerprint density at radius 1 is 1.03 bits per heavy atom. The second-order valence-electron chi connectivity index (χ2n) is 8.81. The van der Waals surface area contributed by atoms with Gasteiger partial charge in [0, 0.05) is 17.3 Å². The number of hydrogen-bond donors (Lipinski definition) is 3. The quantitative estimate of drug-likeness (QED) is 0.452. The van der Waals surface area contributed by atoms with Crippen molar-refractivity contribution in [1.82, 2.24) is 10.3 Å². The Hall–Kier alpha value is -3.19. The lowest BCUT2D eigenvalue weighted by molar-refractivity contribution is 0.0930. The number of thiazole rings is 1. The number of nitrogens with zero attached hydrogens (tertiary/aromatic N) is 2. The summed E-state index contributed by atoms with van der Waals surface area (Å²) >= 11 is 1.48. The molecule has 1 aliphatic heterocycles. The van der Waals surface area contributed by atoms with Gasteiger partial charge in [0.25, 0.3) is 5.91 Å². The number of nitrogens with one attached hydrogen (secondary N) is 2. The molecule has 0 radical (unpaired) electrons. The maximum Gasteiger partial charge on any atom is 0.251 e. The van der Waals surface area contributed by atoms with E-state index in [1.165, 1.54) is 43.4 Å². The summed E-state index contributed by atoms with van der Waals surface area (Å²) < 4.78 is 1.03. The topological polar surface area (TPSA) is 89.3 Å². The molecule has 2 heterocycles. The number of carbonyl (C=O) groups is 1. The fraction of sp³-hybridized carbons (Fsp3) is 0.346. The zero-order valence-corrected chi connectivity index (χ0v) is 19.3. The highest BCUT2D eigenvalue weighted by molar-refractivity contribution is 7.19. The first kappa shape index (κ1) is 21.6. The number of hydrogen-bond acceptors (Lipinski definition) is 5. The Kier molecular flexibility index (Phi) is 6.13. The number of carbonyl (C=O) groups excluding carboxylic acids is 1. The number of benzene rings is 2. The lowest BCUT2D eigenvalue weighted by Gasteiger charge is -2.22. The fourth-order valence-electron chi connectivity index (χ4n) is 4.67. The molecule has 0 spiro atoms. The number of aliphatic hydroxyl groups is 1. The predicted molar refractivity (Wildman–Crippen MR) is 134 cm³/mol. The molecule has 7 heteroatoms. The first-order chi connectivity index (χ1) is 16.1. The number of amidine groups is 1. The smallest absolute Gasteiger partial charge is 0.251 e. The monoisotopic (exact) mass is 460 g/mol. The Bertz CT molecular complexity index is 1170. The van der Waals surface area contributed by atoms with Crippen LogP contribution >= 0.6 is 11.3 Å². The van der Waals surface area contributed by atoms with E-state index in [0.717, 1.165) is 28.7 Å². The molecule has 3 aromatic rings. The Morgan fingerprint density at radius 2 is 1.73 bits per heavy atom. The maximum absolute atomic E-state index is 12.8. The molecule has 5 rings (SSSR count). The van der Waals surface area contributed by atoms with E-state index in [9.17, 15) is 9.90 Å². The molecule has 6 nitrogen and oxygen atoms in total. The summed E-state index contributed by atoms with van der Waals surface area (Å²) in [6, 6.07) is 15.4. The first-order valence-corrected chi connectivity index (χ1v) is 12.5. The van der Waals surface area contributed by atoms with Gasteiger partial charge in [-0.05, 0) is 49.2 Å². The fourth-order valence-corrected chi connectivity index (χ4v) is 5.70. The van der Waals surface area contributed by atoms with Crippen LogP contribution in [0.4, 0.5) is 5.69 Å². The summed E-state index contributed by atoms with van der Waals surface area (Å²) in [5.41, 5.74) is 2.73. The minimum atomic E-state index is -0.0419. The third kappa shape index (κ3) is 4.50. The predicted octanol–water partition coefficient (Wildman–Crippen LogP) is 5.91. The zero-order chi connectivity index (χ0) is 22.8. The van der Waals surface area contributed by atoms with Crippen molar-refractivity contribution < 1.29 is 9.90 Å². The van der Waals surface area contributed by atoms with Gasteiger partial charge in [0.05, 0.1) is 22.3 Å². The summed E-state index contributed by atoms with van der Waals surface area (Å²) in [6.45, 7) is 0.220. The molecular weight excluding hydrogens is 432 g/mol. The van der Waals surface area contributed by atoms with Crippen LogP contribution in [0.2, 0.25) is 0 Å². The van der Waals surface area contributed by atoms with Gasteiger partial charge in [-0.2, -0.15) is 0 Å². The number of amides is 1. The van der Waals surface area contributed by atoms with E-state index >= 15 is 0 Å². The molecule has 2 aromatic carbocycles. The zero-order valence-electron chi connectivity index (χ0n) is 18.5. The number of rotatable bonds is 4. The van der Waals surface area contributed by atoms with Gasteiger partial charge in [-0.3, -0.25) is 10.2 Å². The van der Waals surface area contributed by atoms with Crippen molar-refractivity contribution in [3.05, 3.63) is 64.9 Å². The SMILES string of the molecule is N=C1C(c2nc3ccccc3s2)=C(O)CN1c1ccc(C(=O)NC2CCCCCCC2)cc1. The summed E-state index contributed by atoms with van der Waals surface area (Å²) in [5.74, 6) is 0.322. The third-order valence-corrected chi connectivity index (χ3v) is 7.55. The molecule has 170 valence electrons. The molecule has 1 saturated carbocycles. The Balaban J connectivity index is 1.28. The number of aliphatic hydroxyl groups excluding tert-OH is 1. The van der Waals surface area contributed by atoms with E-state index in [4.69, 9.17) is 5.41 Å². The van der Waals surface area contributed by atoms with Crippen LogP contribution in [0.1, 0.15) is 60.3 Å². The van der Waals surface area contributed by atoms with Gasteiger partial charge in [-0.15, -0.1) is 11.3 Å². The van der Waals surface area contributed by atoms with Gasteiger partial charge in [-0.1, -0.05) is 44.2 Å². The largest absolute Gasteiger partial charge is 0.510 e. The van der Waals surface area contributed by atoms with Gasteiger partial charge in [0.1, 0.15) is 16.6 Å². The second-order valence-corrected chi connectivity index (χ2v) is 9.84. The van der Waals surface area contributed by atoms with Gasteiger partial charge in [-0.25, -0.2) is 4.98 Å². The summed E-state index contributed by atoms with van der Waals surface area (Å²) in [5, 5.41) is 23.2. The van der Waals surface area contributed by atoms with E-state index in [2.05, 4.69) is 10.3 Å². The highest BCUT2D eigenvalue weighted by Gasteiger charge is 2.31. The van der Waals surface area contributed by atoms with Crippen molar-refractivity contribution in [2.24, 2.45) is 0 Å². The molecule has 0 saturated heterocycles. The summed E-state index contributed by atoms with van der Waals surface area (Å²) in [4.78, 5) is 19.1. The number of anilines is 1. The lowest BCUT2D eigenvalue weighted by Crippen LogP contribution is -2.35. The molecule has 1 aliphatic carbocycles. The number of fused-ring (bicyclic) bond motifs is 1. The molecule has 1 fully saturated rings. The van der Waals surface area contributed by atoms with Crippen molar-refractivity contribution in [1.29, 1.82) is 5.41 Å². The Morgan fingerprint density at radius 3 is 2.45 bits per heavy atom. The van der Waals surface area contributed by atoms with Crippen molar-refractivity contribution in [3.8, 4) is 0 Å². The van der Waals surface area contributed by atoms with Crippen molar-refractivity contribution in [3.63, 3.8) is 0 Å². The number of aromatic nitrogens is 1. The molecule has 2 aliphatic rings. The van der Waals surface area contributed by atoms with E-state index in [-0.39, 0.29) is 30.1 Å². The van der Waals surface area contributed by atoms with Crippen LogP contribution in [0.15, 0.2) is 54.3 Å². The van der Waals surface area contributed by atoms with Crippen LogP contribution in [0, 0.1) is 5.41 Å². The summed E-state index contributed by atoms with van der Waals surface area (Å²) in [6.07, 6.45) is 8.26. The first-order valence-electron chi connectivity index (χ1n) is 11.7. The molecule has 0 atom stereocenters. The van der Waals surface area contributed by atoms with Gasteiger partial charge in [0.2, 0.25) is 0 Å². The van der Waals surface area contributed by atoms with E-state index < -0.39 is 0 Å². The van der Waals surface area contributed by atoms with Crippen molar-refractivity contribution in [2.75, 3.05) is 11.4 Å². The van der Waals surface area contributed by atoms with Gasteiger partial charge in [0.15, 0.2) is 0 Å². The van der Waals surface area contributed by atoms with Crippen LogP contribution in [-0.2, 0) is 0 Å². The van der Waals surface area contributed by atoms with Crippen LogP contribution in [0.5, 0.6) is 0 Å². The van der Waals surface area contributed by atoms with Crippen LogP contribution in [0.3, 0.4) is 0 Å². The standard InChI is InChI=1S/C26H28N4O2S/c27-24-23(26-29-20-10-6-7-11-22(20)33-26)21(31)16-30(24)19-14-12-17(13-15-19)25(32)28-18-8-4-2-1-3-5-9-18/h6-7,10-15,18,27,31H,1-5,8-9,16H2,(H,28,32). The Labute approximate surface area is 197 Å². The van der Waals surface area contributed by atoms with Crippen LogP contribution in [0.25, 0.3) is 15.8 Å². The minimum absolute atomic E-state index is 0.0419. The van der Waals surface area contributed by atoms with Crippen molar-refractivity contribution >= 4 is 44.6 Å². The summed E-state index contributed by atoms with van der Waals surface area (Å²) in [7, 11) is 0. The molecular formula is C26H28N4O2S. The molecule has 3 N–H and O–H groups in total. The second kappa shape index (κ2) is 9.35. The number of para-hydroxylation sites is 1. The minimum Gasteiger partial charge on any atom is -0.510 e. The highest BCUT2D eigenvalue weighted by atomic mass is 32.1. The van der Waals surface area contributed by atoms with Crippen molar-refractivity contribution in [2.45, 2.75) is 51.0 Å². The maximum atomic E-state index is 12.8. The van der Waals surface area contributed by atoms with E-state index in [1.807, 2.05) is 36.4 Å². The van der Waals surface area contributed by atoms with E-state index in [0.29, 0.717) is 16.1 Å². The average molecular weight is 461 g/mol. The third-order valence-electron chi connectivity index (χ3n) is 6.49. The molecule has 1 aromatic heterocycles. The van der Waals surface area contributed by atoms with Crippen LogP contribution < -0.4 is 10.2 Å². The van der Waals surface area contributed by atoms with Gasteiger partial charge < -0.3 is 15.3 Å². The molecule has 0 bridgehead atoms. The molecule has 1 amide bonds. The van der Waals surface area contributed by atoms with E-state index in [1.54, 1.807) is 17.0 Å². The highest BCUT2D eigenvalue weighted by Crippen LogP contribution is 2.35. The van der Waals surface area contributed by atoms with Gasteiger partial charge >= 0.3 is 0 Å². The molecule has 0 unspecified atom stereocenters. The average Bonchev–Trinajstić information content (AvgIpc) is 3.35. The normalized spacial score (nSPS) is 17.9. The van der Waals surface area contributed by atoms with Crippen LogP contribution in [-0.4, -0.2) is 34.4 Å².